The number of nitro benzene ring substituents is 2. The fraction of sp³-hybridized carbons (Fsp3) is 0.500. The highest BCUT2D eigenvalue weighted by Crippen LogP contribution is 2.46. The van der Waals surface area contributed by atoms with Gasteiger partial charge >= 0.3 is 5.69 Å². The summed E-state index contributed by atoms with van der Waals surface area (Å²) >= 11 is 0. The molecule has 7 nitrogen and oxygen atoms in total. The molecule has 2 rings (SSSR count). The van der Waals surface area contributed by atoms with Crippen molar-refractivity contribution in [1.29, 1.82) is 0 Å². The first-order valence-corrected chi connectivity index (χ1v) is 10.2. The maximum atomic E-state index is 11.6. The van der Waals surface area contributed by atoms with Gasteiger partial charge in [0.05, 0.1) is 15.9 Å². The topological polar surface area (TPSA) is 95.5 Å². The molecule has 0 aliphatic carbocycles. The molecular formula is C24H32N2O5. The van der Waals surface area contributed by atoms with Gasteiger partial charge in [0.15, 0.2) is 0 Å². The molecule has 0 amide bonds. The zero-order valence-electron chi connectivity index (χ0n) is 19.8. The zero-order valence-corrected chi connectivity index (χ0v) is 19.8. The summed E-state index contributed by atoms with van der Waals surface area (Å²) in [5.41, 5.74) is 1.52. The van der Waals surface area contributed by atoms with Gasteiger partial charge in [-0.3, -0.25) is 20.2 Å². The molecule has 0 heterocycles. The first-order chi connectivity index (χ1) is 13.9. The Morgan fingerprint density at radius 1 is 0.710 bits per heavy atom. The number of hydrogen-bond donors (Lipinski definition) is 0. The molecule has 2 aromatic rings. The molecule has 0 saturated heterocycles. The van der Waals surface area contributed by atoms with E-state index < -0.39 is 15.5 Å². The molecule has 0 fully saturated rings. The van der Waals surface area contributed by atoms with Crippen LogP contribution >= 0.6 is 0 Å². The van der Waals surface area contributed by atoms with Crippen molar-refractivity contribution in [2.75, 3.05) is 0 Å². The molecule has 7 heteroatoms. The summed E-state index contributed by atoms with van der Waals surface area (Å²) < 4.78 is 6.22. The van der Waals surface area contributed by atoms with Crippen LogP contribution < -0.4 is 4.74 Å². The highest BCUT2D eigenvalue weighted by atomic mass is 16.6. The largest absolute Gasteiger partial charge is 0.449 e. The van der Waals surface area contributed by atoms with Crippen LogP contribution in [-0.4, -0.2) is 9.85 Å². The van der Waals surface area contributed by atoms with Crippen molar-refractivity contribution < 1.29 is 14.6 Å². The molecule has 0 aliphatic rings. The van der Waals surface area contributed by atoms with Gasteiger partial charge in [-0.15, -0.1) is 0 Å². The molecular weight excluding hydrogens is 396 g/mol. The van der Waals surface area contributed by atoms with E-state index in [0.717, 1.165) is 22.8 Å². The van der Waals surface area contributed by atoms with E-state index in [0.29, 0.717) is 5.75 Å². The summed E-state index contributed by atoms with van der Waals surface area (Å²) in [4.78, 5) is 21.4. The van der Waals surface area contributed by atoms with Crippen LogP contribution in [0.1, 0.15) is 79.0 Å². The molecule has 0 aliphatic heterocycles. The fourth-order valence-electron chi connectivity index (χ4n) is 3.24. The second kappa shape index (κ2) is 7.94. The Morgan fingerprint density at radius 2 is 1.19 bits per heavy atom. The van der Waals surface area contributed by atoms with Gasteiger partial charge in [-0.2, -0.15) is 0 Å². The number of non-ortho nitro benzene ring substituents is 1. The molecule has 0 N–H and O–H groups in total. The number of ether oxygens (including phenoxy) is 1. The lowest BCUT2D eigenvalue weighted by Crippen LogP contribution is -2.22. The van der Waals surface area contributed by atoms with Crippen LogP contribution in [0.2, 0.25) is 0 Å². The highest BCUT2D eigenvalue weighted by molar-refractivity contribution is 5.58. The van der Waals surface area contributed by atoms with Gasteiger partial charge in [0.1, 0.15) is 5.75 Å². The second-order valence-electron chi connectivity index (χ2n) is 10.9. The van der Waals surface area contributed by atoms with E-state index in [1.807, 2.05) is 0 Å². The lowest BCUT2D eigenvalue weighted by molar-refractivity contribution is -0.394. The Hall–Kier alpha value is -2.96. The van der Waals surface area contributed by atoms with Gasteiger partial charge in [0.25, 0.3) is 5.69 Å². The summed E-state index contributed by atoms with van der Waals surface area (Å²) in [5, 5.41) is 22.7. The minimum absolute atomic E-state index is 0.0184. The maximum Gasteiger partial charge on any atom is 0.318 e. The Kier molecular flexibility index (Phi) is 6.23. The lowest BCUT2D eigenvalue weighted by Gasteiger charge is -2.33. The normalized spacial score (nSPS) is 12.5. The van der Waals surface area contributed by atoms with E-state index in [-0.39, 0.29) is 27.7 Å². The third kappa shape index (κ3) is 5.40. The van der Waals surface area contributed by atoms with Crippen LogP contribution in [0.15, 0.2) is 30.3 Å². The Labute approximate surface area is 183 Å². The summed E-state index contributed by atoms with van der Waals surface area (Å²) in [6.45, 7) is 18.8. The smallest absolute Gasteiger partial charge is 0.318 e. The third-order valence-electron chi connectivity index (χ3n) is 5.13. The van der Waals surface area contributed by atoms with Crippen molar-refractivity contribution in [2.45, 2.75) is 78.6 Å². The van der Waals surface area contributed by atoms with Crippen molar-refractivity contribution in [3.63, 3.8) is 0 Å². The van der Waals surface area contributed by atoms with Crippen molar-refractivity contribution >= 4 is 11.4 Å². The van der Waals surface area contributed by atoms with Crippen LogP contribution in [-0.2, 0) is 16.2 Å². The number of nitrogens with zero attached hydrogens (tertiary/aromatic N) is 2. The van der Waals surface area contributed by atoms with E-state index >= 15 is 0 Å². The quantitative estimate of drug-likeness (QED) is 0.379. The minimum atomic E-state index is -0.657. The molecule has 168 valence electrons. The Balaban J connectivity index is 2.85. The zero-order chi connectivity index (χ0) is 23.9. The number of hydrogen-bond acceptors (Lipinski definition) is 5. The SMILES string of the molecule is CC(C)(C)c1cc(C(C)(C)C)c(Oc2ccc([N+](=O)[O-])cc2[N+](=O)[O-])c(C(C)(C)C)c1. The van der Waals surface area contributed by atoms with Gasteiger partial charge in [-0.25, -0.2) is 0 Å². The predicted molar refractivity (Wildman–Crippen MR) is 122 cm³/mol. The third-order valence-corrected chi connectivity index (χ3v) is 5.13. The van der Waals surface area contributed by atoms with Crippen LogP contribution in [0.25, 0.3) is 0 Å². The summed E-state index contributed by atoms with van der Waals surface area (Å²) in [7, 11) is 0. The molecule has 0 saturated carbocycles. The van der Waals surface area contributed by atoms with E-state index in [4.69, 9.17) is 4.74 Å². The molecule has 0 atom stereocenters. The van der Waals surface area contributed by atoms with Crippen LogP contribution in [0.4, 0.5) is 11.4 Å². The summed E-state index contributed by atoms with van der Waals surface area (Å²) in [6.07, 6.45) is 0. The first-order valence-electron chi connectivity index (χ1n) is 10.2. The minimum Gasteiger partial charge on any atom is -0.449 e. The fourth-order valence-corrected chi connectivity index (χ4v) is 3.24. The van der Waals surface area contributed by atoms with E-state index in [2.05, 4.69) is 74.4 Å². The van der Waals surface area contributed by atoms with E-state index in [1.165, 1.54) is 12.1 Å². The van der Waals surface area contributed by atoms with Gasteiger partial charge in [0.2, 0.25) is 5.75 Å². The van der Waals surface area contributed by atoms with Gasteiger partial charge < -0.3 is 4.74 Å². The lowest BCUT2D eigenvalue weighted by atomic mass is 9.74. The Morgan fingerprint density at radius 3 is 1.55 bits per heavy atom. The van der Waals surface area contributed by atoms with Crippen LogP contribution in [0, 0.1) is 20.2 Å². The predicted octanol–water partition coefficient (Wildman–Crippen LogP) is 7.19. The van der Waals surface area contributed by atoms with Crippen molar-refractivity contribution in [2.24, 2.45) is 0 Å². The maximum absolute atomic E-state index is 11.6. The van der Waals surface area contributed by atoms with Crippen molar-refractivity contribution in [3.05, 3.63) is 67.3 Å². The Bertz CT molecular complexity index is 987. The van der Waals surface area contributed by atoms with E-state index in [1.54, 1.807) is 0 Å². The summed E-state index contributed by atoms with van der Waals surface area (Å²) in [6, 6.07) is 7.65. The molecule has 31 heavy (non-hydrogen) atoms. The van der Waals surface area contributed by atoms with Crippen LogP contribution in [0.5, 0.6) is 11.5 Å². The molecule has 0 radical (unpaired) electrons. The van der Waals surface area contributed by atoms with Crippen molar-refractivity contribution in [3.8, 4) is 11.5 Å². The second-order valence-corrected chi connectivity index (χ2v) is 10.9. The average molecular weight is 429 g/mol. The number of benzene rings is 2. The molecule has 0 spiro atoms. The van der Waals surface area contributed by atoms with Gasteiger partial charge in [-0.1, -0.05) is 74.4 Å². The average Bonchev–Trinajstić information content (AvgIpc) is 2.58. The molecule has 0 aromatic heterocycles. The van der Waals surface area contributed by atoms with Crippen molar-refractivity contribution in [1.82, 2.24) is 0 Å². The molecule has 0 unspecified atom stereocenters. The summed E-state index contributed by atoms with van der Waals surface area (Å²) in [5.74, 6) is 0.542. The molecule has 2 aromatic carbocycles. The first kappa shape index (κ1) is 24.3. The van der Waals surface area contributed by atoms with Gasteiger partial charge in [0, 0.05) is 17.2 Å². The number of nitro groups is 2. The highest BCUT2D eigenvalue weighted by Gasteiger charge is 2.32. The molecule has 0 bridgehead atoms. The van der Waals surface area contributed by atoms with E-state index in [9.17, 15) is 20.2 Å². The van der Waals surface area contributed by atoms with Gasteiger partial charge in [-0.05, 0) is 27.9 Å². The van der Waals surface area contributed by atoms with Crippen LogP contribution in [0.3, 0.4) is 0 Å². The number of rotatable bonds is 4. The standard InChI is InChI=1S/C24H32N2O5/c1-22(2,3)15-12-17(23(4,5)6)21(18(13-15)24(7,8)9)31-20-11-10-16(25(27)28)14-19(20)26(29)30/h10-14H,1-9H3. The monoisotopic (exact) mass is 428 g/mol.